The summed E-state index contributed by atoms with van der Waals surface area (Å²) in [6, 6.07) is 14.1. The Balaban J connectivity index is 2.39. The van der Waals surface area contributed by atoms with Crippen molar-refractivity contribution in [2.45, 2.75) is 19.9 Å². The Labute approximate surface area is 139 Å². The molecule has 0 spiro atoms. The fraction of sp³-hybridized carbons (Fsp3) is 0.294. The molecule has 0 aliphatic heterocycles. The third-order valence-corrected chi connectivity index (χ3v) is 4.18. The van der Waals surface area contributed by atoms with Gasteiger partial charge in [0.25, 0.3) is 0 Å². The molecule has 0 heterocycles. The summed E-state index contributed by atoms with van der Waals surface area (Å²) in [6.07, 6.45) is 0. The largest absolute Gasteiger partial charge is 0.493 e. The molecule has 1 atom stereocenters. The van der Waals surface area contributed by atoms with Crippen molar-refractivity contribution in [1.82, 2.24) is 5.32 Å². The van der Waals surface area contributed by atoms with Crippen LogP contribution in [0.4, 0.5) is 0 Å². The van der Waals surface area contributed by atoms with E-state index in [2.05, 4.69) is 46.4 Å². The minimum absolute atomic E-state index is 0.0654. The van der Waals surface area contributed by atoms with Crippen molar-refractivity contribution in [1.29, 1.82) is 0 Å². The van der Waals surface area contributed by atoms with Gasteiger partial charge in [-0.2, -0.15) is 0 Å². The van der Waals surface area contributed by atoms with Crippen LogP contribution in [0.15, 0.2) is 46.9 Å². The van der Waals surface area contributed by atoms with Gasteiger partial charge in [0.05, 0.1) is 17.1 Å². The Morgan fingerprint density at radius 3 is 2.57 bits per heavy atom. The first kappa shape index (κ1) is 16.3. The monoisotopic (exact) mass is 367 g/mol. The maximum atomic E-state index is 6.35. The van der Waals surface area contributed by atoms with Crippen LogP contribution >= 0.6 is 27.5 Å². The predicted octanol–water partition coefficient (Wildman–Crippen LogP) is 5.20. The number of rotatable bonds is 6. The van der Waals surface area contributed by atoms with Crippen molar-refractivity contribution >= 4 is 27.5 Å². The van der Waals surface area contributed by atoms with Gasteiger partial charge >= 0.3 is 0 Å². The Kier molecular flexibility index (Phi) is 6.09. The summed E-state index contributed by atoms with van der Waals surface area (Å²) in [4.78, 5) is 0. The molecule has 0 aliphatic carbocycles. The summed E-state index contributed by atoms with van der Waals surface area (Å²) < 4.78 is 6.52. The van der Waals surface area contributed by atoms with Gasteiger partial charge in [0.1, 0.15) is 5.75 Å². The van der Waals surface area contributed by atoms with Crippen LogP contribution in [0.3, 0.4) is 0 Å². The van der Waals surface area contributed by atoms with Crippen LogP contribution in [0, 0.1) is 0 Å². The Hall–Kier alpha value is -1.03. The van der Waals surface area contributed by atoms with E-state index in [1.54, 1.807) is 0 Å². The van der Waals surface area contributed by atoms with Gasteiger partial charge in [-0.1, -0.05) is 42.8 Å². The van der Waals surface area contributed by atoms with E-state index >= 15 is 0 Å². The van der Waals surface area contributed by atoms with Crippen molar-refractivity contribution in [2.75, 3.05) is 13.2 Å². The van der Waals surface area contributed by atoms with Gasteiger partial charge in [0, 0.05) is 5.02 Å². The van der Waals surface area contributed by atoms with E-state index in [1.807, 2.05) is 31.2 Å². The lowest BCUT2D eigenvalue weighted by atomic mass is 9.98. The third kappa shape index (κ3) is 4.00. The number of nitrogens with one attached hydrogen (secondary N) is 1. The molecule has 2 rings (SSSR count). The van der Waals surface area contributed by atoms with E-state index in [9.17, 15) is 0 Å². The first-order valence-corrected chi connectivity index (χ1v) is 8.24. The fourth-order valence-corrected chi connectivity index (χ4v) is 3.05. The smallest absolute Gasteiger partial charge is 0.133 e. The molecule has 0 radical (unpaired) electrons. The van der Waals surface area contributed by atoms with Crippen molar-refractivity contribution < 1.29 is 4.74 Å². The Morgan fingerprint density at radius 2 is 1.95 bits per heavy atom. The standard InChI is InChI=1S/C17H19BrClNO/c1-3-20-17(13-7-5-6-8-15(13)19)12-9-10-16(21-4-2)14(18)11-12/h5-11,17,20H,3-4H2,1-2H3. The zero-order valence-corrected chi connectivity index (χ0v) is 14.5. The van der Waals surface area contributed by atoms with Crippen LogP contribution in [0.1, 0.15) is 31.0 Å². The molecule has 0 aliphatic rings. The molecule has 1 N–H and O–H groups in total. The highest BCUT2D eigenvalue weighted by Crippen LogP contribution is 2.33. The van der Waals surface area contributed by atoms with Crippen molar-refractivity contribution in [2.24, 2.45) is 0 Å². The van der Waals surface area contributed by atoms with Crippen LogP contribution in [0.25, 0.3) is 0 Å². The van der Waals surface area contributed by atoms with Crippen LogP contribution in [-0.4, -0.2) is 13.2 Å². The second kappa shape index (κ2) is 7.83. The minimum Gasteiger partial charge on any atom is -0.493 e. The van der Waals surface area contributed by atoms with Crippen molar-refractivity contribution in [3.8, 4) is 5.75 Å². The lowest BCUT2D eigenvalue weighted by molar-refractivity contribution is 0.338. The molecular formula is C17H19BrClNO. The number of benzene rings is 2. The van der Waals surface area contributed by atoms with Crippen LogP contribution in [0.5, 0.6) is 5.75 Å². The van der Waals surface area contributed by atoms with Gasteiger partial charge in [-0.05, 0) is 58.7 Å². The highest BCUT2D eigenvalue weighted by atomic mass is 79.9. The van der Waals surface area contributed by atoms with Gasteiger partial charge in [0.2, 0.25) is 0 Å². The average Bonchev–Trinajstić information content (AvgIpc) is 2.48. The molecule has 0 fully saturated rings. The Morgan fingerprint density at radius 1 is 1.19 bits per heavy atom. The highest BCUT2D eigenvalue weighted by molar-refractivity contribution is 9.10. The fourth-order valence-electron chi connectivity index (χ4n) is 2.29. The molecule has 112 valence electrons. The van der Waals surface area contributed by atoms with Crippen molar-refractivity contribution in [3.63, 3.8) is 0 Å². The molecule has 0 bridgehead atoms. The van der Waals surface area contributed by atoms with Crippen molar-refractivity contribution in [3.05, 3.63) is 63.1 Å². The van der Waals surface area contributed by atoms with E-state index in [1.165, 1.54) is 0 Å². The van der Waals surface area contributed by atoms with E-state index in [-0.39, 0.29) is 6.04 Å². The van der Waals surface area contributed by atoms with Crippen LogP contribution in [-0.2, 0) is 0 Å². The summed E-state index contributed by atoms with van der Waals surface area (Å²) >= 11 is 9.92. The quantitative estimate of drug-likeness (QED) is 0.756. The van der Waals surface area contributed by atoms with Gasteiger partial charge in [-0.25, -0.2) is 0 Å². The SMILES string of the molecule is CCNC(c1ccc(OCC)c(Br)c1)c1ccccc1Cl. The second-order valence-corrected chi connectivity index (χ2v) is 5.90. The molecule has 0 saturated carbocycles. The van der Waals surface area contributed by atoms with E-state index in [0.717, 1.165) is 32.9 Å². The van der Waals surface area contributed by atoms with Crippen LogP contribution in [0.2, 0.25) is 5.02 Å². The van der Waals surface area contributed by atoms with Gasteiger partial charge in [-0.15, -0.1) is 0 Å². The second-order valence-electron chi connectivity index (χ2n) is 4.64. The first-order valence-electron chi connectivity index (χ1n) is 7.07. The lowest BCUT2D eigenvalue weighted by Crippen LogP contribution is -2.22. The Bertz CT molecular complexity index is 603. The summed E-state index contributed by atoms with van der Waals surface area (Å²) in [6.45, 7) is 5.58. The number of hydrogen-bond donors (Lipinski definition) is 1. The molecular weight excluding hydrogens is 350 g/mol. The van der Waals surface area contributed by atoms with Crippen LogP contribution < -0.4 is 10.1 Å². The first-order chi connectivity index (χ1) is 10.2. The average molecular weight is 369 g/mol. The number of halogens is 2. The van der Waals surface area contributed by atoms with Gasteiger partial charge in [-0.3, -0.25) is 0 Å². The lowest BCUT2D eigenvalue weighted by Gasteiger charge is -2.21. The molecule has 2 aromatic rings. The number of ether oxygens (including phenoxy) is 1. The summed E-state index contributed by atoms with van der Waals surface area (Å²) in [5, 5.41) is 4.26. The molecule has 2 nitrogen and oxygen atoms in total. The maximum absolute atomic E-state index is 6.35. The molecule has 21 heavy (non-hydrogen) atoms. The summed E-state index contributed by atoms with van der Waals surface area (Å²) in [7, 11) is 0. The maximum Gasteiger partial charge on any atom is 0.133 e. The zero-order chi connectivity index (χ0) is 15.2. The van der Waals surface area contributed by atoms with Gasteiger partial charge in [0.15, 0.2) is 0 Å². The summed E-state index contributed by atoms with van der Waals surface area (Å²) in [5.74, 6) is 0.857. The molecule has 4 heteroatoms. The third-order valence-electron chi connectivity index (χ3n) is 3.21. The van der Waals surface area contributed by atoms with E-state index < -0.39 is 0 Å². The highest BCUT2D eigenvalue weighted by Gasteiger charge is 2.17. The van der Waals surface area contributed by atoms with Gasteiger partial charge < -0.3 is 10.1 Å². The molecule has 0 saturated heterocycles. The van der Waals surface area contributed by atoms with E-state index in [4.69, 9.17) is 16.3 Å². The normalized spacial score (nSPS) is 12.2. The van der Waals surface area contributed by atoms with E-state index in [0.29, 0.717) is 6.61 Å². The summed E-state index contributed by atoms with van der Waals surface area (Å²) in [5.41, 5.74) is 2.23. The predicted molar refractivity (Wildman–Crippen MR) is 92.3 cm³/mol. The minimum atomic E-state index is 0.0654. The topological polar surface area (TPSA) is 21.3 Å². The molecule has 1 unspecified atom stereocenters. The molecule has 2 aromatic carbocycles. The number of hydrogen-bond acceptors (Lipinski definition) is 2. The zero-order valence-electron chi connectivity index (χ0n) is 12.2. The molecule has 0 amide bonds. The molecule has 0 aromatic heterocycles.